The lowest BCUT2D eigenvalue weighted by Crippen LogP contribution is -2.39. The van der Waals surface area contributed by atoms with Gasteiger partial charge in [0.1, 0.15) is 17.5 Å². The number of nitrogens with two attached hydrogens (primary N) is 1. The Balaban J connectivity index is 3.37. The third-order valence-electron chi connectivity index (χ3n) is 2.37. The summed E-state index contributed by atoms with van der Waals surface area (Å²) in [6.45, 7) is 1.32. The van der Waals surface area contributed by atoms with Gasteiger partial charge in [-0.25, -0.2) is 21.6 Å². The van der Waals surface area contributed by atoms with Crippen LogP contribution in [-0.2, 0) is 10.0 Å². The molecule has 0 saturated heterocycles. The van der Waals surface area contributed by atoms with E-state index >= 15 is 0 Å². The molecule has 112 valence electrons. The summed E-state index contributed by atoms with van der Waals surface area (Å²) in [7, 11) is -4.49. The largest absolute Gasteiger partial charge is 0.392 e. The molecule has 0 radical (unpaired) electrons. The van der Waals surface area contributed by atoms with Crippen LogP contribution in [0.25, 0.3) is 0 Å². The van der Waals surface area contributed by atoms with Crippen molar-refractivity contribution in [3.63, 3.8) is 0 Å². The normalized spacial score (nSPS) is 11.8. The standard InChI is InChI=1S/C11H13F3N2O2S2/c1-2-3-16(6-10(15)19)20(17,18)11-8(13)4-7(12)5-9(11)14/h4-5H,2-3,6H2,1H3,(H2,15,19). The van der Waals surface area contributed by atoms with Gasteiger partial charge in [-0.2, -0.15) is 4.31 Å². The number of benzene rings is 1. The lowest BCUT2D eigenvalue weighted by Gasteiger charge is -2.21. The summed E-state index contributed by atoms with van der Waals surface area (Å²) in [5, 5.41) is 0. The summed E-state index contributed by atoms with van der Waals surface area (Å²) in [5.74, 6) is -4.19. The molecule has 0 spiro atoms. The molecule has 0 unspecified atom stereocenters. The third kappa shape index (κ3) is 3.68. The molecular weight excluding hydrogens is 313 g/mol. The number of hydrogen-bond donors (Lipinski definition) is 1. The minimum Gasteiger partial charge on any atom is -0.392 e. The Kier molecular flexibility index (Phi) is 5.49. The quantitative estimate of drug-likeness (QED) is 0.810. The van der Waals surface area contributed by atoms with E-state index in [0.29, 0.717) is 18.6 Å². The molecule has 2 N–H and O–H groups in total. The number of nitrogens with zero attached hydrogens (tertiary/aromatic N) is 1. The highest BCUT2D eigenvalue weighted by Gasteiger charge is 2.31. The number of sulfonamides is 1. The average molecular weight is 326 g/mol. The zero-order valence-corrected chi connectivity index (χ0v) is 12.2. The molecule has 0 saturated carbocycles. The molecule has 0 aliphatic carbocycles. The lowest BCUT2D eigenvalue weighted by atomic mass is 10.3. The minimum absolute atomic E-state index is 0.0179. The number of halogens is 3. The topological polar surface area (TPSA) is 63.4 Å². The summed E-state index contributed by atoms with van der Waals surface area (Å²) >= 11 is 4.62. The van der Waals surface area contributed by atoms with E-state index in [2.05, 4.69) is 12.2 Å². The Bertz CT molecular complexity index is 597. The van der Waals surface area contributed by atoms with Crippen LogP contribution in [0, 0.1) is 17.5 Å². The van der Waals surface area contributed by atoms with Crippen molar-refractivity contribution in [2.75, 3.05) is 13.1 Å². The molecule has 4 nitrogen and oxygen atoms in total. The van der Waals surface area contributed by atoms with Crippen LogP contribution in [0.15, 0.2) is 17.0 Å². The second-order valence-corrected chi connectivity index (χ2v) is 6.40. The van der Waals surface area contributed by atoms with Gasteiger partial charge < -0.3 is 5.73 Å². The van der Waals surface area contributed by atoms with Gasteiger partial charge in [-0.15, -0.1) is 0 Å². The maximum atomic E-state index is 13.6. The van der Waals surface area contributed by atoms with Gasteiger partial charge in [0.2, 0.25) is 10.0 Å². The first kappa shape index (κ1) is 16.9. The highest BCUT2D eigenvalue weighted by atomic mass is 32.2. The van der Waals surface area contributed by atoms with Crippen molar-refractivity contribution >= 4 is 27.2 Å². The number of thiocarbonyl (C=S) groups is 1. The molecule has 1 aromatic rings. The highest BCUT2D eigenvalue weighted by Crippen LogP contribution is 2.23. The molecule has 0 atom stereocenters. The van der Waals surface area contributed by atoms with E-state index in [1.54, 1.807) is 6.92 Å². The van der Waals surface area contributed by atoms with Crippen molar-refractivity contribution in [2.24, 2.45) is 5.73 Å². The SMILES string of the molecule is CCCN(CC(N)=S)S(=O)(=O)c1c(F)cc(F)cc1F. The summed E-state index contributed by atoms with van der Waals surface area (Å²) in [5.41, 5.74) is 5.28. The van der Waals surface area contributed by atoms with Crippen molar-refractivity contribution in [3.8, 4) is 0 Å². The van der Waals surface area contributed by atoms with Gasteiger partial charge in [0.15, 0.2) is 4.90 Å². The van der Waals surface area contributed by atoms with Crippen LogP contribution in [0.3, 0.4) is 0 Å². The van der Waals surface area contributed by atoms with Gasteiger partial charge in [-0.3, -0.25) is 0 Å². The van der Waals surface area contributed by atoms with Crippen LogP contribution in [0.5, 0.6) is 0 Å². The average Bonchev–Trinajstić information content (AvgIpc) is 2.25. The van der Waals surface area contributed by atoms with Crippen molar-refractivity contribution in [1.29, 1.82) is 0 Å². The Morgan fingerprint density at radius 2 is 1.80 bits per heavy atom. The maximum Gasteiger partial charge on any atom is 0.249 e. The van der Waals surface area contributed by atoms with E-state index in [1.165, 1.54) is 0 Å². The third-order valence-corrected chi connectivity index (χ3v) is 4.39. The van der Waals surface area contributed by atoms with Gasteiger partial charge >= 0.3 is 0 Å². The molecular formula is C11H13F3N2O2S2. The van der Waals surface area contributed by atoms with E-state index in [1.807, 2.05) is 0 Å². The fourth-order valence-electron chi connectivity index (χ4n) is 1.61. The maximum absolute atomic E-state index is 13.6. The van der Waals surface area contributed by atoms with Crippen LogP contribution in [0.2, 0.25) is 0 Å². The molecule has 0 aliphatic rings. The summed E-state index contributed by atoms with van der Waals surface area (Å²) in [4.78, 5) is -1.34. The fourth-order valence-corrected chi connectivity index (χ4v) is 3.45. The van der Waals surface area contributed by atoms with Crippen molar-refractivity contribution in [3.05, 3.63) is 29.6 Å². The van der Waals surface area contributed by atoms with Crippen LogP contribution in [0.1, 0.15) is 13.3 Å². The van der Waals surface area contributed by atoms with Crippen molar-refractivity contribution < 1.29 is 21.6 Å². The summed E-state index contributed by atoms with van der Waals surface area (Å²) in [6.07, 6.45) is 0.395. The van der Waals surface area contributed by atoms with Crippen LogP contribution in [-0.4, -0.2) is 30.8 Å². The smallest absolute Gasteiger partial charge is 0.249 e. The molecule has 0 aliphatic heterocycles. The molecule has 0 fully saturated rings. The van der Waals surface area contributed by atoms with Crippen LogP contribution in [0.4, 0.5) is 13.2 Å². The van der Waals surface area contributed by atoms with Gasteiger partial charge in [0.05, 0.1) is 11.5 Å². The fraction of sp³-hybridized carbons (Fsp3) is 0.364. The molecule has 1 rings (SSSR count). The second kappa shape index (κ2) is 6.51. The highest BCUT2D eigenvalue weighted by molar-refractivity contribution is 7.89. The van der Waals surface area contributed by atoms with Crippen LogP contribution < -0.4 is 5.73 Å². The molecule has 0 bridgehead atoms. The second-order valence-electron chi connectivity index (χ2n) is 4.00. The van der Waals surface area contributed by atoms with Gasteiger partial charge in [-0.1, -0.05) is 19.1 Å². The molecule has 0 heterocycles. The molecule has 0 aromatic heterocycles. The predicted molar refractivity (Wildman–Crippen MR) is 72.2 cm³/mol. The van der Waals surface area contributed by atoms with E-state index in [0.717, 1.165) is 4.31 Å². The Morgan fingerprint density at radius 3 is 2.20 bits per heavy atom. The monoisotopic (exact) mass is 326 g/mol. The van der Waals surface area contributed by atoms with Gasteiger partial charge in [0, 0.05) is 18.7 Å². The first-order valence-corrected chi connectivity index (χ1v) is 7.48. The van der Waals surface area contributed by atoms with E-state index in [9.17, 15) is 21.6 Å². The summed E-state index contributed by atoms with van der Waals surface area (Å²) in [6, 6.07) is 0.613. The van der Waals surface area contributed by atoms with Crippen molar-refractivity contribution in [2.45, 2.75) is 18.2 Å². The Hall–Kier alpha value is -1.19. The van der Waals surface area contributed by atoms with Gasteiger partial charge in [-0.05, 0) is 6.42 Å². The molecule has 1 aromatic carbocycles. The molecule has 9 heteroatoms. The number of hydrogen-bond acceptors (Lipinski definition) is 3. The first-order valence-electron chi connectivity index (χ1n) is 5.63. The van der Waals surface area contributed by atoms with Crippen LogP contribution >= 0.6 is 12.2 Å². The van der Waals surface area contributed by atoms with E-state index in [4.69, 9.17) is 5.73 Å². The van der Waals surface area contributed by atoms with Crippen molar-refractivity contribution in [1.82, 2.24) is 4.31 Å². The van der Waals surface area contributed by atoms with Gasteiger partial charge in [0.25, 0.3) is 0 Å². The zero-order chi connectivity index (χ0) is 15.5. The Labute approximate surface area is 120 Å². The van der Waals surface area contributed by atoms with E-state index < -0.39 is 32.4 Å². The predicted octanol–water partition coefficient (Wildman–Crippen LogP) is 1.79. The molecule has 20 heavy (non-hydrogen) atoms. The number of rotatable bonds is 6. The summed E-state index contributed by atoms with van der Waals surface area (Å²) < 4.78 is 65.2. The zero-order valence-electron chi connectivity index (χ0n) is 10.6. The lowest BCUT2D eigenvalue weighted by molar-refractivity contribution is 0.432. The minimum atomic E-state index is -4.49. The van der Waals surface area contributed by atoms with E-state index in [-0.39, 0.29) is 18.1 Å². The Morgan fingerprint density at radius 1 is 1.30 bits per heavy atom. The molecule has 0 amide bonds. The first-order chi connectivity index (χ1) is 9.20.